The number of hydrogen-bond acceptors (Lipinski definition) is 5. The fraction of sp³-hybridized carbons (Fsp3) is 0.650. The van der Waals surface area contributed by atoms with Crippen LogP contribution < -0.4 is 10.6 Å². The normalized spacial score (nSPS) is 23.2. The summed E-state index contributed by atoms with van der Waals surface area (Å²) in [5.41, 5.74) is 2.89. The number of ether oxygens (including phenoxy) is 2. The fourth-order valence-electron chi connectivity index (χ4n) is 3.72. The number of anilines is 2. The molecule has 1 unspecified atom stereocenters. The van der Waals surface area contributed by atoms with Crippen LogP contribution in [0.5, 0.6) is 0 Å². The number of fused-ring (bicyclic) bond motifs is 1. The van der Waals surface area contributed by atoms with E-state index in [0.717, 1.165) is 24.2 Å². The largest absolute Gasteiger partial charge is 0.444 e. The molecule has 1 atom stereocenters. The van der Waals surface area contributed by atoms with Crippen LogP contribution >= 0.6 is 0 Å². The van der Waals surface area contributed by atoms with Gasteiger partial charge in [-0.25, -0.2) is 4.79 Å². The van der Waals surface area contributed by atoms with Crippen LogP contribution in [0.25, 0.3) is 0 Å². The molecule has 0 aromatic heterocycles. The molecule has 2 N–H and O–H groups in total. The van der Waals surface area contributed by atoms with Crippen LogP contribution in [0.4, 0.5) is 16.2 Å². The van der Waals surface area contributed by atoms with Crippen molar-refractivity contribution in [2.75, 3.05) is 30.3 Å². The number of carbonyl (C=O) groups excluding carboxylic acids is 1. The minimum atomic E-state index is -0.606. The van der Waals surface area contributed by atoms with Crippen molar-refractivity contribution >= 4 is 17.5 Å². The first-order valence-corrected chi connectivity index (χ1v) is 9.51. The van der Waals surface area contributed by atoms with Gasteiger partial charge in [0.25, 0.3) is 0 Å². The smallest absolute Gasteiger partial charge is 0.410 e. The minimum Gasteiger partial charge on any atom is -0.444 e. The molecule has 6 heteroatoms. The van der Waals surface area contributed by atoms with E-state index < -0.39 is 11.4 Å². The molecule has 0 spiro atoms. The van der Waals surface area contributed by atoms with Gasteiger partial charge in [0.05, 0.1) is 11.4 Å². The molecule has 1 aromatic carbocycles. The molecule has 0 radical (unpaired) electrons. The summed E-state index contributed by atoms with van der Waals surface area (Å²) in [6.07, 6.45) is 1.48. The molecule has 0 aliphatic carbocycles. The lowest BCUT2D eigenvalue weighted by Gasteiger charge is -2.42. The molecule has 144 valence electrons. The molecule has 6 nitrogen and oxygen atoms in total. The van der Waals surface area contributed by atoms with Crippen molar-refractivity contribution in [1.29, 1.82) is 0 Å². The van der Waals surface area contributed by atoms with Gasteiger partial charge in [-0.15, -0.1) is 0 Å². The molecule has 1 amide bonds. The van der Waals surface area contributed by atoms with E-state index in [0.29, 0.717) is 19.7 Å². The highest BCUT2D eigenvalue weighted by Crippen LogP contribution is 2.42. The third kappa shape index (κ3) is 3.90. The molecule has 2 aliphatic heterocycles. The summed E-state index contributed by atoms with van der Waals surface area (Å²) in [6.45, 7) is 11.7. The number of hydrogen-bond donors (Lipinski definition) is 2. The quantitative estimate of drug-likeness (QED) is 0.846. The molecule has 0 saturated carbocycles. The van der Waals surface area contributed by atoms with Gasteiger partial charge < -0.3 is 25.0 Å². The van der Waals surface area contributed by atoms with Crippen molar-refractivity contribution in [2.45, 2.75) is 58.9 Å². The Morgan fingerprint density at radius 2 is 1.88 bits per heavy atom. The van der Waals surface area contributed by atoms with Crippen LogP contribution in [0, 0.1) is 12.8 Å². The second-order valence-electron chi connectivity index (χ2n) is 8.21. The molecule has 3 rings (SSSR count). The van der Waals surface area contributed by atoms with Gasteiger partial charge in [-0.1, -0.05) is 6.07 Å². The summed E-state index contributed by atoms with van der Waals surface area (Å²) >= 11 is 0. The van der Waals surface area contributed by atoms with Crippen molar-refractivity contribution in [1.82, 2.24) is 4.90 Å². The van der Waals surface area contributed by atoms with Gasteiger partial charge in [-0.2, -0.15) is 0 Å². The first-order chi connectivity index (χ1) is 12.2. The zero-order valence-corrected chi connectivity index (χ0v) is 16.5. The zero-order valence-electron chi connectivity index (χ0n) is 16.5. The number of aryl methyl sites for hydroxylation is 1. The van der Waals surface area contributed by atoms with Crippen LogP contribution in [0.1, 0.15) is 46.1 Å². The van der Waals surface area contributed by atoms with Crippen molar-refractivity contribution in [3.63, 3.8) is 0 Å². The Kier molecular flexibility index (Phi) is 5.06. The maximum Gasteiger partial charge on any atom is 0.410 e. The average molecular weight is 361 g/mol. The Bertz CT molecular complexity index is 663. The summed E-state index contributed by atoms with van der Waals surface area (Å²) in [7, 11) is 0. The van der Waals surface area contributed by atoms with E-state index in [1.165, 1.54) is 5.56 Å². The lowest BCUT2D eigenvalue weighted by molar-refractivity contribution is -0.0560. The highest BCUT2D eigenvalue weighted by molar-refractivity contribution is 5.76. The number of amides is 1. The Morgan fingerprint density at radius 1 is 1.23 bits per heavy atom. The third-order valence-corrected chi connectivity index (χ3v) is 4.91. The molecule has 1 aromatic rings. The number of nitrogens with zero attached hydrogens (tertiary/aromatic N) is 1. The molecular formula is C20H31N3O3. The van der Waals surface area contributed by atoms with Gasteiger partial charge in [-0.3, -0.25) is 0 Å². The van der Waals surface area contributed by atoms with E-state index in [4.69, 9.17) is 9.47 Å². The molecular weight excluding hydrogens is 330 g/mol. The maximum atomic E-state index is 12.3. The molecule has 2 heterocycles. The van der Waals surface area contributed by atoms with Gasteiger partial charge in [0.2, 0.25) is 5.85 Å². The van der Waals surface area contributed by atoms with Crippen LogP contribution in [0.2, 0.25) is 0 Å². The monoisotopic (exact) mass is 361 g/mol. The number of piperidine rings is 1. The summed E-state index contributed by atoms with van der Waals surface area (Å²) in [5, 5.41) is 7.13. The SMILES string of the molecule is CCOC1(C2CCN(C(=O)OC(C)(C)C)CC2)Nc2ccc(C)cc2N1. The van der Waals surface area contributed by atoms with Gasteiger partial charge in [-0.05, 0) is 65.2 Å². The predicted molar refractivity (Wildman–Crippen MR) is 103 cm³/mol. The highest BCUT2D eigenvalue weighted by atomic mass is 16.6. The van der Waals surface area contributed by atoms with Crippen molar-refractivity contribution in [2.24, 2.45) is 5.92 Å². The summed E-state index contributed by atoms with van der Waals surface area (Å²) in [4.78, 5) is 14.1. The molecule has 1 fully saturated rings. The highest BCUT2D eigenvalue weighted by Gasteiger charge is 2.46. The first-order valence-electron chi connectivity index (χ1n) is 9.51. The van der Waals surface area contributed by atoms with E-state index in [2.05, 4.69) is 35.8 Å². The lowest BCUT2D eigenvalue weighted by Crippen LogP contribution is -2.55. The molecule has 1 saturated heterocycles. The van der Waals surface area contributed by atoms with Crippen molar-refractivity contribution < 1.29 is 14.3 Å². The van der Waals surface area contributed by atoms with Crippen molar-refractivity contribution in [3.05, 3.63) is 23.8 Å². The van der Waals surface area contributed by atoms with Crippen molar-refractivity contribution in [3.8, 4) is 0 Å². The third-order valence-electron chi connectivity index (χ3n) is 4.91. The number of benzene rings is 1. The Balaban J connectivity index is 1.68. The van der Waals surface area contributed by atoms with E-state index in [-0.39, 0.29) is 12.0 Å². The number of nitrogens with one attached hydrogen (secondary N) is 2. The summed E-state index contributed by atoms with van der Waals surface area (Å²) in [6, 6.07) is 6.33. The van der Waals surface area contributed by atoms with Crippen LogP contribution in [-0.2, 0) is 9.47 Å². The number of rotatable bonds is 3. The zero-order chi connectivity index (χ0) is 18.9. The second-order valence-corrected chi connectivity index (χ2v) is 8.21. The second kappa shape index (κ2) is 6.99. The molecule has 26 heavy (non-hydrogen) atoms. The predicted octanol–water partition coefficient (Wildman–Crippen LogP) is 4.17. The Labute approximate surface area is 156 Å². The summed E-state index contributed by atoms with van der Waals surface area (Å²) in [5.74, 6) is -0.348. The topological polar surface area (TPSA) is 62.8 Å². The van der Waals surface area contributed by atoms with Crippen LogP contribution in [0.3, 0.4) is 0 Å². The van der Waals surface area contributed by atoms with E-state index >= 15 is 0 Å². The number of likely N-dealkylation sites (tertiary alicyclic amines) is 1. The average Bonchev–Trinajstić information content (AvgIpc) is 2.92. The van der Waals surface area contributed by atoms with Crippen LogP contribution in [-0.4, -0.2) is 42.1 Å². The van der Waals surface area contributed by atoms with E-state index in [9.17, 15) is 4.79 Å². The van der Waals surface area contributed by atoms with Gasteiger partial charge >= 0.3 is 6.09 Å². The van der Waals surface area contributed by atoms with Crippen LogP contribution in [0.15, 0.2) is 18.2 Å². The van der Waals surface area contributed by atoms with Gasteiger partial charge in [0.1, 0.15) is 5.60 Å². The minimum absolute atomic E-state index is 0.229. The Hall–Kier alpha value is -1.95. The lowest BCUT2D eigenvalue weighted by atomic mass is 9.91. The number of carbonyl (C=O) groups is 1. The van der Waals surface area contributed by atoms with E-state index in [1.807, 2.05) is 27.7 Å². The first kappa shape index (κ1) is 18.8. The summed E-state index contributed by atoms with van der Waals surface area (Å²) < 4.78 is 11.7. The maximum absolute atomic E-state index is 12.3. The molecule has 2 aliphatic rings. The molecule has 0 bridgehead atoms. The van der Waals surface area contributed by atoms with Gasteiger partial charge in [0, 0.05) is 25.6 Å². The van der Waals surface area contributed by atoms with Gasteiger partial charge in [0.15, 0.2) is 0 Å². The van der Waals surface area contributed by atoms with E-state index in [1.54, 1.807) is 4.90 Å². The Morgan fingerprint density at radius 3 is 2.50 bits per heavy atom. The fourth-order valence-corrected chi connectivity index (χ4v) is 3.72. The standard InChI is InChI=1S/C20H31N3O3/c1-6-25-20(21-16-8-7-14(2)13-17(16)22-20)15-9-11-23(12-10-15)18(24)26-19(3,4)5/h7-8,13,15,21-22H,6,9-12H2,1-5H3.